The number of aromatic nitrogens is 4. The Morgan fingerprint density at radius 1 is 1.33 bits per heavy atom. The van der Waals surface area contributed by atoms with Crippen molar-refractivity contribution in [3.63, 3.8) is 0 Å². The number of hydrogen-bond acceptors (Lipinski definition) is 5. The Hall–Kier alpha value is -3.37. The lowest BCUT2D eigenvalue weighted by Gasteiger charge is -2.09. The third kappa shape index (κ3) is 3.04. The third-order valence-corrected chi connectivity index (χ3v) is 2.94. The Bertz CT molecular complexity index is 993. The molecule has 0 bridgehead atoms. The van der Waals surface area contributed by atoms with Gasteiger partial charge in [-0.2, -0.15) is 5.10 Å². The Morgan fingerprint density at radius 3 is 2.71 bits per heavy atom. The fourth-order valence-electron chi connectivity index (χ4n) is 1.96. The first-order chi connectivity index (χ1) is 11.2. The van der Waals surface area contributed by atoms with Crippen molar-refractivity contribution in [3.8, 4) is 11.7 Å². The molecule has 0 aliphatic heterocycles. The molecule has 0 atom stereocenters. The van der Waals surface area contributed by atoms with Gasteiger partial charge in [-0.15, -0.1) is 13.2 Å². The number of nitrogens with one attached hydrogen (secondary N) is 1. The lowest BCUT2D eigenvalue weighted by molar-refractivity contribution is -0.274. The zero-order valence-electron chi connectivity index (χ0n) is 11.5. The van der Waals surface area contributed by atoms with Gasteiger partial charge in [-0.3, -0.25) is 9.78 Å². The number of aromatic amines is 1. The van der Waals surface area contributed by atoms with Crippen LogP contribution >= 0.6 is 0 Å². The van der Waals surface area contributed by atoms with Gasteiger partial charge >= 0.3 is 12.3 Å². The Balaban J connectivity index is 2.06. The predicted molar refractivity (Wildman–Crippen MR) is 73.1 cm³/mol. The van der Waals surface area contributed by atoms with Crippen LogP contribution in [-0.2, 0) is 0 Å². The molecular formula is C13H7F3N4O4. The summed E-state index contributed by atoms with van der Waals surface area (Å²) < 4.78 is 41.4. The average molecular weight is 340 g/mol. The van der Waals surface area contributed by atoms with E-state index in [1.54, 1.807) is 0 Å². The van der Waals surface area contributed by atoms with Crippen LogP contribution in [0.2, 0.25) is 0 Å². The van der Waals surface area contributed by atoms with E-state index in [1.165, 1.54) is 6.07 Å². The molecule has 0 amide bonds. The van der Waals surface area contributed by atoms with Crippen molar-refractivity contribution in [2.45, 2.75) is 6.36 Å². The molecule has 24 heavy (non-hydrogen) atoms. The minimum Gasteiger partial charge on any atom is -0.478 e. The lowest BCUT2D eigenvalue weighted by Crippen LogP contribution is -2.18. The molecule has 2 aromatic heterocycles. The summed E-state index contributed by atoms with van der Waals surface area (Å²) in [5.74, 6) is -1.84. The Labute approximate surface area is 130 Å². The van der Waals surface area contributed by atoms with Crippen LogP contribution in [0.25, 0.3) is 16.9 Å². The Kier molecular flexibility index (Phi) is 3.47. The molecule has 0 spiro atoms. The summed E-state index contributed by atoms with van der Waals surface area (Å²) >= 11 is 0. The molecule has 3 rings (SSSR count). The van der Waals surface area contributed by atoms with Gasteiger partial charge < -0.3 is 9.84 Å². The smallest absolute Gasteiger partial charge is 0.478 e. The van der Waals surface area contributed by atoms with Crippen LogP contribution in [0.15, 0.2) is 35.4 Å². The standard InChI is InChI=1S/C13H7F3N4O4/c14-13(15,16)24-7-1-2-9-8(3-7)10(21)19-12(18-9)20-5-6(4-17-20)11(22)23/h1-5H,(H,22,23)(H,18,19,21). The third-order valence-electron chi connectivity index (χ3n) is 2.94. The van der Waals surface area contributed by atoms with Gasteiger partial charge in [-0.05, 0) is 18.2 Å². The molecule has 0 radical (unpaired) electrons. The van der Waals surface area contributed by atoms with E-state index in [0.717, 1.165) is 29.2 Å². The topological polar surface area (TPSA) is 110 Å². The van der Waals surface area contributed by atoms with E-state index in [2.05, 4.69) is 19.8 Å². The number of rotatable bonds is 3. The van der Waals surface area contributed by atoms with E-state index >= 15 is 0 Å². The second-order valence-corrected chi connectivity index (χ2v) is 4.60. The van der Waals surface area contributed by atoms with Gasteiger partial charge in [0, 0.05) is 6.20 Å². The first kappa shape index (κ1) is 15.5. The lowest BCUT2D eigenvalue weighted by atomic mass is 10.2. The maximum absolute atomic E-state index is 12.2. The van der Waals surface area contributed by atoms with Crippen molar-refractivity contribution in [1.29, 1.82) is 0 Å². The summed E-state index contributed by atoms with van der Waals surface area (Å²) in [6.07, 6.45) is -2.68. The van der Waals surface area contributed by atoms with E-state index in [4.69, 9.17) is 5.11 Å². The van der Waals surface area contributed by atoms with Crippen LogP contribution in [0.4, 0.5) is 13.2 Å². The highest BCUT2D eigenvalue weighted by Crippen LogP contribution is 2.24. The van der Waals surface area contributed by atoms with Crippen molar-refractivity contribution in [1.82, 2.24) is 19.7 Å². The number of nitrogens with zero attached hydrogens (tertiary/aromatic N) is 3. The number of fused-ring (bicyclic) bond motifs is 1. The maximum atomic E-state index is 12.2. The molecule has 3 aromatic rings. The number of halogens is 3. The van der Waals surface area contributed by atoms with Gasteiger partial charge in [-0.25, -0.2) is 14.5 Å². The van der Waals surface area contributed by atoms with Gasteiger partial charge in [0.25, 0.3) is 5.56 Å². The molecular weight excluding hydrogens is 333 g/mol. The molecule has 2 heterocycles. The molecule has 0 saturated heterocycles. The van der Waals surface area contributed by atoms with Crippen LogP contribution < -0.4 is 10.3 Å². The summed E-state index contributed by atoms with van der Waals surface area (Å²) in [6, 6.07) is 3.10. The van der Waals surface area contributed by atoms with E-state index in [9.17, 15) is 22.8 Å². The van der Waals surface area contributed by atoms with E-state index < -0.39 is 23.6 Å². The van der Waals surface area contributed by atoms with Crippen LogP contribution in [0.1, 0.15) is 10.4 Å². The highest BCUT2D eigenvalue weighted by Gasteiger charge is 2.31. The van der Waals surface area contributed by atoms with Crippen LogP contribution in [0.3, 0.4) is 0 Å². The number of carbonyl (C=O) groups is 1. The summed E-state index contributed by atoms with van der Waals surface area (Å²) in [4.78, 5) is 29.2. The first-order valence-electron chi connectivity index (χ1n) is 6.31. The zero-order valence-corrected chi connectivity index (χ0v) is 11.5. The normalized spacial score (nSPS) is 11.6. The predicted octanol–water partition coefficient (Wildman–Crippen LogP) is 1.71. The monoisotopic (exact) mass is 340 g/mol. The van der Waals surface area contributed by atoms with E-state index in [1.807, 2.05) is 0 Å². The maximum Gasteiger partial charge on any atom is 0.573 e. The minimum absolute atomic E-state index is 0.0792. The molecule has 0 fully saturated rings. The highest BCUT2D eigenvalue weighted by molar-refractivity contribution is 5.87. The number of carboxylic acid groups (broad SMARTS) is 1. The van der Waals surface area contributed by atoms with Crippen molar-refractivity contribution in [2.75, 3.05) is 0 Å². The molecule has 124 valence electrons. The van der Waals surface area contributed by atoms with Crippen molar-refractivity contribution in [2.24, 2.45) is 0 Å². The molecule has 8 nitrogen and oxygen atoms in total. The van der Waals surface area contributed by atoms with Gasteiger partial charge in [-0.1, -0.05) is 0 Å². The van der Waals surface area contributed by atoms with Gasteiger partial charge in [0.15, 0.2) is 0 Å². The summed E-state index contributed by atoms with van der Waals surface area (Å²) in [5, 5.41) is 12.5. The summed E-state index contributed by atoms with van der Waals surface area (Å²) in [6.45, 7) is 0. The molecule has 11 heteroatoms. The molecule has 0 saturated carbocycles. The van der Waals surface area contributed by atoms with Crippen molar-refractivity contribution < 1.29 is 27.8 Å². The number of H-pyrrole nitrogens is 1. The van der Waals surface area contributed by atoms with Gasteiger partial charge in [0.1, 0.15) is 5.75 Å². The SMILES string of the molecule is O=C(O)c1cnn(-c2nc3ccc(OC(F)(F)F)cc3c(=O)[nH]2)c1. The molecule has 1 aromatic carbocycles. The number of hydrogen-bond donors (Lipinski definition) is 2. The second kappa shape index (κ2) is 5.37. The van der Waals surface area contributed by atoms with E-state index in [0.29, 0.717) is 0 Å². The fraction of sp³-hybridized carbons (Fsp3) is 0.0769. The number of aromatic carboxylic acids is 1. The summed E-state index contributed by atoms with van der Waals surface area (Å²) in [5.41, 5.74) is -0.752. The first-order valence-corrected chi connectivity index (χ1v) is 6.31. The largest absolute Gasteiger partial charge is 0.573 e. The average Bonchev–Trinajstić information content (AvgIpc) is 2.96. The minimum atomic E-state index is -4.88. The van der Waals surface area contributed by atoms with Crippen molar-refractivity contribution >= 4 is 16.9 Å². The molecule has 0 aliphatic rings. The number of benzene rings is 1. The molecule has 0 unspecified atom stereocenters. The van der Waals surface area contributed by atoms with Crippen LogP contribution in [-0.4, -0.2) is 37.2 Å². The fourth-order valence-corrected chi connectivity index (χ4v) is 1.96. The summed E-state index contributed by atoms with van der Waals surface area (Å²) in [7, 11) is 0. The van der Waals surface area contributed by atoms with Gasteiger partial charge in [0.05, 0.1) is 22.7 Å². The van der Waals surface area contributed by atoms with E-state index in [-0.39, 0.29) is 22.4 Å². The number of alkyl halides is 3. The zero-order chi connectivity index (χ0) is 17.5. The highest BCUT2D eigenvalue weighted by atomic mass is 19.4. The van der Waals surface area contributed by atoms with Crippen LogP contribution in [0, 0.1) is 0 Å². The van der Waals surface area contributed by atoms with Gasteiger partial charge in [0.2, 0.25) is 5.95 Å². The number of carboxylic acids is 1. The molecule has 2 N–H and O–H groups in total. The Morgan fingerprint density at radius 2 is 2.08 bits per heavy atom. The number of ether oxygens (including phenoxy) is 1. The second-order valence-electron chi connectivity index (χ2n) is 4.60. The van der Waals surface area contributed by atoms with Crippen molar-refractivity contribution in [3.05, 3.63) is 46.5 Å². The molecule has 0 aliphatic carbocycles. The van der Waals surface area contributed by atoms with Crippen LogP contribution in [0.5, 0.6) is 5.75 Å². The quantitative estimate of drug-likeness (QED) is 0.751.